The van der Waals surface area contributed by atoms with Gasteiger partial charge in [0.1, 0.15) is 0 Å². The molecule has 1 aliphatic heterocycles. The van der Waals surface area contributed by atoms with Crippen LogP contribution in [0.1, 0.15) is 29.2 Å². The average Bonchev–Trinajstić information content (AvgIpc) is 3.51. The molecule has 0 unspecified atom stereocenters. The Bertz CT molecular complexity index is 1440. The maximum absolute atomic E-state index is 13.2. The van der Waals surface area contributed by atoms with Crippen molar-refractivity contribution in [1.82, 2.24) is 29.8 Å². The lowest BCUT2D eigenvalue weighted by Crippen LogP contribution is -2.38. The molecule has 0 spiro atoms. The lowest BCUT2D eigenvalue weighted by Gasteiger charge is -2.33. The van der Waals surface area contributed by atoms with Crippen LogP contribution in [0.25, 0.3) is 16.9 Å². The molecule has 1 saturated carbocycles. The number of fused-ring (bicyclic) bond motifs is 1. The van der Waals surface area contributed by atoms with Crippen LogP contribution in [-0.4, -0.2) is 68.0 Å². The van der Waals surface area contributed by atoms with E-state index in [1.165, 1.54) is 11.0 Å². The van der Waals surface area contributed by atoms with Crippen molar-refractivity contribution >= 4 is 34.4 Å². The zero-order chi connectivity index (χ0) is 24.9. The molecule has 1 amide bonds. The van der Waals surface area contributed by atoms with E-state index in [9.17, 15) is 13.6 Å². The van der Waals surface area contributed by atoms with Crippen LogP contribution in [0.2, 0.25) is 5.02 Å². The summed E-state index contributed by atoms with van der Waals surface area (Å²) in [7, 11) is 0. The van der Waals surface area contributed by atoms with Crippen LogP contribution >= 0.6 is 11.6 Å². The molecule has 3 aromatic heterocycles. The van der Waals surface area contributed by atoms with Gasteiger partial charge in [0.2, 0.25) is 5.82 Å². The Morgan fingerprint density at radius 1 is 1.17 bits per heavy atom. The summed E-state index contributed by atoms with van der Waals surface area (Å²) in [6.07, 6.45) is 2.71. The van der Waals surface area contributed by atoms with E-state index in [2.05, 4.69) is 30.7 Å². The van der Waals surface area contributed by atoms with Gasteiger partial charge in [-0.15, -0.1) is 10.2 Å². The first kappa shape index (κ1) is 22.8. The molecule has 0 radical (unpaired) electrons. The van der Waals surface area contributed by atoms with E-state index in [0.717, 1.165) is 18.8 Å². The van der Waals surface area contributed by atoms with E-state index < -0.39 is 12.0 Å². The third-order valence-corrected chi connectivity index (χ3v) is 6.75. The summed E-state index contributed by atoms with van der Waals surface area (Å²) in [5.41, 5.74) is 2.93. The Balaban J connectivity index is 1.23. The second-order valence-electron chi connectivity index (χ2n) is 8.87. The fourth-order valence-corrected chi connectivity index (χ4v) is 4.57. The van der Waals surface area contributed by atoms with E-state index in [-0.39, 0.29) is 24.6 Å². The number of halogens is 3. The van der Waals surface area contributed by atoms with Gasteiger partial charge in [0.15, 0.2) is 0 Å². The Hall–Kier alpha value is -3.64. The van der Waals surface area contributed by atoms with Gasteiger partial charge in [-0.1, -0.05) is 11.6 Å². The van der Waals surface area contributed by atoms with Crippen LogP contribution in [0.4, 0.5) is 20.2 Å². The number of rotatable bonds is 5. The number of anilines is 2. The van der Waals surface area contributed by atoms with Gasteiger partial charge in [-0.2, -0.15) is 9.90 Å². The Morgan fingerprint density at radius 2 is 1.97 bits per heavy atom. The van der Waals surface area contributed by atoms with Crippen LogP contribution in [0, 0.1) is 0 Å². The van der Waals surface area contributed by atoms with E-state index in [1.54, 1.807) is 22.7 Å². The Morgan fingerprint density at radius 3 is 2.75 bits per heavy atom. The van der Waals surface area contributed by atoms with Crippen molar-refractivity contribution in [3.05, 3.63) is 53.3 Å². The standard InChI is InChI=1S/C23H21ClF2N8O2/c24-18-2-1-14(21-29-31-34(30-21)16-11-23(25,26)12-16)9-19(18)28-22(35)17-13-27-33-4-3-15(10-20(17)33)32-5-7-36-8-6-32/h1-4,9-10,13,16H,5-8,11-12H2,(H,28,35). The second kappa shape index (κ2) is 8.79. The highest BCUT2D eigenvalue weighted by Crippen LogP contribution is 2.44. The van der Waals surface area contributed by atoms with Crippen molar-refractivity contribution in [2.75, 3.05) is 36.5 Å². The molecule has 0 atom stereocenters. The molecule has 0 bridgehead atoms. The number of amides is 1. The molecule has 1 aliphatic carbocycles. The third-order valence-electron chi connectivity index (χ3n) is 6.42. The summed E-state index contributed by atoms with van der Waals surface area (Å²) in [6.45, 7) is 2.86. The van der Waals surface area contributed by atoms with Gasteiger partial charge in [0.25, 0.3) is 11.8 Å². The number of hydrogen-bond donors (Lipinski definition) is 1. The summed E-state index contributed by atoms with van der Waals surface area (Å²) in [6, 6.07) is 8.32. The second-order valence-corrected chi connectivity index (χ2v) is 9.28. The number of benzene rings is 1. The summed E-state index contributed by atoms with van der Waals surface area (Å²) >= 11 is 6.35. The molecule has 2 fully saturated rings. The minimum atomic E-state index is -2.68. The molecule has 36 heavy (non-hydrogen) atoms. The van der Waals surface area contributed by atoms with Gasteiger partial charge in [-0.05, 0) is 35.5 Å². The molecule has 1 N–H and O–H groups in total. The zero-order valence-electron chi connectivity index (χ0n) is 18.9. The molecule has 13 heteroatoms. The number of nitrogens with one attached hydrogen (secondary N) is 1. The van der Waals surface area contributed by atoms with Crippen molar-refractivity contribution in [3.63, 3.8) is 0 Å². The lowest BCUT2D eigenvalue weighted by molar-refractivity contribution is -0.110. The van der Waals surface area contributed by atoms with Crippen molar-refractivity contribution in [3.8, 4) is 11.4 Å². The highest BCUT2D eigenvalue weighted by molar-refractivity contribution is 6.34. The number of aromatic nitrogens is 6. The lowest BCUT2D eigenvalue weighted by atomic mass is 9.89. The van der Waals surface area contributed by atoms with Gasteiger partial charge in [-0.25, -0.2) is 13.3 Å². The first-order valence-electron chi connectivity index (χ1n) is 11.4. The first-order chi connectivity index (χ1) is 17.4. The number of hydrogen-bond acceptors (Lipinski definition) is 7. The normalized spacial score (nSPS) is 17.8. The van der Waals surface area contributed by atoms with E-state index in [4.69, 9.17) is 16.3 Å². The number of tetrazole rings is 1. The van der Waals surface area contributed by atoms with Crippen LogP contribution in [0.15, 0.2) is 42.7 Å². The topological polar surface area (TPSA) is 102 Å². The molecule has 2 aliphatic rings. The number of alkyl halides is 2. The Kier molecular flexibility index (Phi) is 5.56. The molecular formula is C23H21ClF2N8O2. The maximum Gasteiger partial charge on any atom is 0.259 e. The van der Waals surface area contributed by atoms with Crippen molar-refractivity contribution < 1.29 is 18.3 Å². The Labute approximate surface area is 208 Å². The van der Waals surface area contributed by atoms with Crippen molar-refractivity contribution in [2.24, 2.45) is 0 Å². The highest BCUT2D eigenvalue weighted by Gasteiger charge is 2.47. The summed E-state index contributed by atoms with van der Waals surface area (Å²) in [5, 5.41) is 19.6. The number of carbonyl (C=O) groups is 1. The van der Waals surface area contributed by atoms with Gasteiger partial charge in [0, 0.05) is 43.4 Å². The van der Waals surface area contributed by atoms with Gasteiger partial charge >= 0.3 is 0 Å². The molecular weight excluding hydrogens is 494 g/mol. The monoisotopic (exact) mass is 514 g/mol. The van der Waals surface area contributed by atoms with Crippen LogP contribution < -0.4 is 10.2 Å². The van der Waals surface area contributed by atoms with Crippen LogP contribution in [-0.2, 0) is 4.74 Å². The van der Waals surface area contributed by atoms with Gasteiger partial charge < -0.3 is 15.0 Å². The van der Waals surface area contributed by atoms with Gasteiger partial charge in [-0.3, -0.25) is 4.79 Å². The first-order valence-corrected chi connectivity index (χ1v) is 11.8. The number of nitrogens with zero attached hydrogens (tertiary/aromatic N) is 7. The average molecular weight is 515 g/mol. The maximum atomic E-state index is 13.2. The minimum absolute atomic E-state index is 0.253. The quantitative estimate of drug-likeness (QED) is 0.433. The van der Waals surface area contributed by atoms with E-state index in [0.29, 0.717) is 40.6 Å². The molecule has 186 valence electrons. The zero-order valence-corrected chi connectivity index (χ0v) is 19.7. The van der Waals surface area contributed by atoms with E-state index >= 15 is 0 Å². The van der Waals surface area contributed by atoms with Crippen LogP contribution in [0.3, 0.4) is 0 Å². The number of carbonyl (C=O) groups excluding carboxylic acids is 1. The smallest absolute Gasteiger partial charge is 0.259 e. The predicted octanol–water partition coefficient (Wildman–Crippen LogP) is 3.70. The molecule has 1 saturated heterocycles. The predicted molar refractivity (Wildman–Crippen MR) is 128 cm³/mol. The van der Waals surface area contributed by atoms with Gasteiger partial charge in [0.05, 0.1) is 47.2 Å². The number of pyridine rings is 1. The van der Waals surface area contributed by atoms with E-state index in [1.807, 2.05) is 18.3 Å². The fourth-order valence-electron chi connectivity index (χ4n) is 4.40. The third kappa shape index (κ3) is 4.26. The fraction of sp³-hybridized carbons (Fsp3) is 0.348. The molecule has 10 nitrogen and oxygen atoms in total. The van der Waals surface area contributed by atoms with Crippen LogP contribution in [0.5, 0.6) is 0 Å². The van der Waals surface area contributed by atoms with Crippen molar-refractivity contribution in [2.45, 2.75) is 24.8 Å². The number of morpholine rings is 1. The molecule has 1 aromatic carbocycles. The minimum Gasteiger partial charge on any atom is -0.378 e. The molecule has 6 rings (SSSR count). The summed E-state index contributed by atoms with van der Waals surface area (Å²) in [4.78, 5) is 16.6. The van der Waals surface area contributed by atoms with Crippen molar-refractivity contribution in [1.29, 1.82) is 0 Å². The largest absolute Gasteiger partial charge is 0.378 e. The highest BCUT2D eigenvalue weighted by atomic mass is 35.5. The number of ether oxygens (including phenoxy) is 1. The molecule has 4 aromatic rings. The summed E-state index contributed by atoms with van der Waals surface area (Å²) in [5.74, 6) is -2.81. The SMILES string of the molecule is O=C(Nc1cc(-c2nnn(C3CC(F)(F)C3)n2)ccc1Cl)c1cnn2ccc(N3CCOCC3)cc12. The molecule has 4 heterocycles. The summed E-state index contributed by atoms with van der Waals surface area (Å²) < 4.78 is 33.5.